The first-order valence-corrected chi connectivity index (χ1v) is 8.59. The number of nitrogens with zero attached hydrogens (tertiary/aromatic N) is 5. The zero-order chi connectivity index (χ0) is 17.2. The number of fused-ring (bicyclic) bond motifs is 1. The van der Waals surface area contributed by atoms with Gasteiger partial charge in [-0.25, -0.2) is 0 Å². The van der Waals surface area contributed by atoms with E-state index in [1.54, 1.807) is 4.90 Å². The van der Waals surface area contributed by atoms with E-state index in [1.165, 1.54) is 0 Å². The van der Waals surface area contributed by atoms with Gasteiger partial charge in [-0.1, -0.05) is 24.3 Å². The second-order valence-corrected chi connectivity index (χ2v) is 6.40. The second kappa shape index (κ2) is 6.64. The predicted octanol–water partition coefficient (Wildman–Crippen LogP) is 2.53. The van der Waals surface area contributed by atoms with Crippen LogP contribution in [0.5, 0.6) is 0 Å². The largest absolute Gasteiger partial charge is 0.314 e. The maximum absolute atomic E-state index is 12.7. The van der Waals surface area contributed by atoms with Gasteiger partial charge in [-0.3, -0.25) is 14.1 Å². The fraction of sp³-hybridized carbons (Fsp3) is 0.316. The molecule has 6 heteroatoms. The standard InChI is InChI=1S/C19H21N5O/c1-22(15-8-3-2-4-9-15)18(25)14-23-12-7-10-16(23)19-21-20-17-11-5-6-13-24(17)19/h2-6,8-9,11,13,16H,7,10,12,14H2,1H3. The highest BCUT2D eigenvalue weighted by molar-refractivity contribution is 5.94. The van der Waals surface area contributed by atoms with E-state index < -0.39 is 0 Å². The summed E-state index contributed by atoms with van der Waals surface area (Å²) in [7, 11) is 1.83. The van der Waals surface area contributed by atoms with Crippen molar-refractivity contribution in [2.24, 2.45) is 0 Å². The molecule has 6 nitrogen and oxygen atoms in total. The Balaban J connectivity index is 1.53. The van der Waals surface area contributed by atoms with Crippen molar-refractivity contribution in [3.63, 3.8) is 0 Å². The van der Waals surface area contributed by atoms with Crippen molar-refractivity contribution in [3.8, 4) is 0 Å². The maximum atomic E-state index is 12.7. The van der Waals surface area contributed by atoms with Gasteiger partial charge in [0.25, 0.3) is 0 Å². The molecule has 1 atom stereocenters. The van der Waals surface area contributed by atoms with E-state index in [0.717, 1.165) is 36.5 Å². The molecular formula is C19H21N5O. The Kier molecular flexibility index (Phi) is 4.19. The highest BCUT2D eigenvalue weighted by atomic mass is 16.2. The van der Waals surface area contributed by atoms with Gasteiger partial charge in [0.15, 0.2) is 11.5 Å². The van der Waals surface area contributed by atoms with Gasteiger partial charge in [-0.05, 0) is 43.7 Å². The van der Waals surface area contributed by atoms with Crippen molar-refractivity contribution in [1.82, 2.24) is 19.5 Å². The number of amides is 1. The summed E-state index contributed by atoms with van der Waals surface area (Å²) in [5.41, 5.74) is 1.76. The molecule has 128 valence electrons. The Morgan fingerprint density at radius 2 is 1.96 bits per heavy atom. The number of carbonyl (C=O) groups is 1. The molecule has 3 heterocycles. The molecule has 25 heavy (non-hydrogen) atoms. The van der Waals surface area contributed by atoms with Gasteiger partial charge in [0, 0.05) is 18.9 Å². The average Bonchev–Trinajstić information content (AvgIpc) is 3.28. The predicted molar refractivity (Wildman–Crippen MR) is 96.4 cm³/mol. The fourth-order valence-corrected chi connectivity index (χ4v) is 3.47. The molecule has 1 aliphatic heterocycles. The Morgan fingerprint density at radius 1 is 1.16 bits per heavy atom. The molecule has 0 aliphatic carbocycles. The van der Waals surface area contributed by atoms with Crippen molar-refractivity contribution in [2.75, 3.05) is 25.0 Å². The number of para-hydroxylation sites is 1. The van der Waals surface area contributed by atoms with Gasteiger partial charge in [-0.15, -0.1) is 10.2 Å². The Bertz CT molecular complexity index is 876. The number of hydrogen-bond acceptors (Lipinski definition) is 4. The van der Waals surface area contributed by atoms with E-state index in [1.807, 2.05) is 66.2 Å². The molecule has 1 unspecified atom stereocenters. The Hall–Kier alpha value is -2.73. The smallest absolute Gasteiger partial charge is 0.240 e. The summed E-state index contributed by atoms with van der Waals surface area (Å²) < 4.78 is 2.02. The van der Waals surface area contributed by atoms with E-state index in [2.05, 4.69) is 15.1 Å². The SMILES string of the molecule is CN(C(=O)CN1CCCC1c1nnc2ccccn12)c1ccccc1. The van der Waals surface area contributed by atoms with Crippen LogP contribution in [0.3, 0.4) is 0 Å². The van der Waals surface area contributed by atoms with Gasteiger partial charge < -0.3 is 4.90 Å². The summed E-state index contributed by atoms with van der Waals surface area (Å²) in [6.45, 7) is 1.29. The number of aromatic nitrogens is 3. The molecule has 1 amide bonds. The molecule has 2 aromatic heterocycles. The third-order valence-corrected chi connectivity index (χ3v) is 4.86. The molecule has 0 N–H and O–H groups in total. The van der Waals surface area contributed by atoms with Crippen molar-refractivity contribution in [3.05, 3.63) is 60.6 Å². The molecule has 1 aliphatic rings. The van der Waals surface area contributed by atoms with Crippen LogP contribution in [0.15, 0.2) is 54.7 Å². The summed E-state index contributed by atoms with van der Waals surface area (Å²) >= 11 is 0. The van der Waals surface area contributed by atoms with Gasteiger partial charge >= 0.3 is 0 Å². The van der Waals surface area contributed by atoms with Gasteiger partial charge in [0.2, 0.25) is 5.91 Å². The van der Waals surface area contributed by atoms with Crippen LogP contribution in [-0.2, 0) is 4.79 Å². The van der Waals surface area contributed by atoms with Gasteiger partial charge in [0.1, 0.15) is 0 Å². The lowest BCUT2D eigenvalue weighted by Gasteiger charge is -2.25. The molecule has 0 bridgehead atoms. The molecule has 0 spiro atoms. The first kappa shape index (κ1) is 15.8. The Labute approximate surface area is 146 Å². The number of likely N-dealkylation sites (N-methyl/N-ethyl adjacent to an activating group) is 1. The summed E-state index contributed by atoms with van der Waals surface area (Å²) in [4.78, 5) is 16.7. The lowest BCUT2D eigenvalue weighted by Crippen LogP contribution is -2.38. The molecule has 3 aromatic rings. The molecule has 1 saturated heterocycles. The number of anilines is 1. The lowest BCUT2D eigenvalue weighted by atomic mass is 10.2. The van der Waals surface area contributed by atoms with E-state index in [0.29, 0.717) is 6.54 Å². The zero-order valence-electron chi connectivity index (χ0n) is 14.2. The Morgan fingerprint density at radius 3 is 2.80 bits per heavy atom. The monoisotopic (exact) mass is 335 g/mol. The summed E-state index contributed by atoms with van der Waals surface area (Å²) in [6.07, 6.45) is 4.05. The van der Waals surface area contributed by atoms with Crippen LogP contribution in [0.1, 0.15) is 24.7 Å². The zero-order valence-corrected chi connectivity index (χ0v) is 14.2. The van der Waals surface area contributed by atoms with Crippen LogP contribution in [0.25, 0.3) is 5.65 Å². The van der Waals surface area contributed by atoms with E-state index in [9.17, 15) is 4.79 Å². The maximum Gasteiger partial charge on any atom is 0.240 e. The topological polar surface area (TPSA) is 53.7 Å². The number of rotatable bonds is 4. The van der Waals surface area contributed by atoms with E-state index >= 15 is 0 Å². The first-order valence-electron chi connectivity index (χ1n) is 8.59. The number of benzene rings is 1. The minimum atomic E-state index is 0.0897. The summed E-state index contributed by atoms with van der Waals surface area (Å²) in [6, 6.07) is 15.8. The van der Waals surface area contributed by atoms with Crippen LogP contribution < -0.4 is 4.90 Å². The minimum absolute atomic E-state index is 0.0897. The molecule has 0 saturated carbocycles. The number of likely N-dealkylation sites (tertiary alicyclic amines) is 1. The number of carbonyl (C=O) groups excluding carboxylic acids is 1. The number of hydrogen-bond donors (Lipinski definition) is 0. The van der Waals surface area contributed by atoms with E-state index in [4.69, 9.17) is 0 Å². The molecule has 0 radical (unpaired) electrons. The van der Waals surface area contributed by atoms with Crippen LogP contribution in [0.2, 0.25) is 0 Å². The van der Waals surface area contributed by atoms with Crippen LogP contribution in [0.4, 0.5) is 5.69 Å². The molecular weight excluding hydrogens is 314 g/mol. The number of pyridine rings is 1. The van der Waals surface area contributed by atoms with Crippen LogP contribution >= 0.6 is 0 Å². The average molecular weight is 335 g/mol. The normalized spacial score (nSPS) is 17.9. The minimum Gasteiger partial charge on any atom is -0.314 e. The quantitative estimate of drug-likeness (QED) is 0.735. The lowest BCUT2D eigenvalue weighted by molar-refractivity contribution is -0.119. The van der Waals surface area contributed by atoms with Crippen molar-refractivity contribution in [1.29, 1.82) is 0 Å². The highest BCUT2D eigenvalue weighted by Gasteiger charge is 2.31. The van der Waals surface area contributed by atoms with Crippen molar-refractivity contribution >= 4 is 17.2 Å². The van der Waals surface area contributed by atoms with E-state index in [-0.39, 0.29) is 11.9 Å². The third kappa shape index (κ3) is 3.00. The summed E-state index contributed by atoms with van der Waals surface area (Å²) in [5, 5.41) is 8.63. The molecule has 4 rings (SSSR count). The first-order chi connectivity index (χ1) is 12.2. The highest BCUT2D eigenvalue weighted by Crippen LogP contribution is 2.31. The van der Waals surface area contributed by atoms with Crippen molar-refractivity contribution in [2.45, 2.75) is 18.9 Å². The third-order valence-electron chi connectivity index (χ3n) is 4.86. The van der Waals surface area contributed by atoms with Crippen molar-refractivity contribution < 1.29 is 4.79 Å². The molecule has 1 fully saturated rings. The molecule has 1 aromatic carbocycles. The summed E-state index contributed by atoms with van der Waals surface area (Å²) in [5.74, 6) is 1.01. The van der Waals surface area contributed by atoms with Gasteiger partial charge in [-0.2, -0.15) is 0 Å². The van der Waals surface area contributed by atoms with Crippen LogP contribution in [-0.4, -0.2) is 45.5 Å². The fourth-order valence-electron chi connectivity index (χ4n) is 3.47. The van der Waals surface area contributed by atoms with Crippen LogP contribution in [0, 0.1) is 0 Å². The second-order valence-electron chi connectivity index (χ2n) is 6.40. The van der Waals surface area contributed by atoms with Gasteiger partial charge in [0.05, 0.1) is 12.6 Å².